The highest BCUT2D eigenvalue weighted by Gasteiger charge is 2.21. The van der Waals surface area contributed by atoms with Crippen LogP contribution in [0.1, 0.15) is 59.0 Å². The molecule has 12 heteroatoms. The number of imidazole rings is 1. The highest BCUT2D eigenvalue weighted by molar-refractivity contribution is 7.89. The standard InChI is InChI=1S/C33H36FN5O5S/c1-5-6-17-38-31-29(32(40)39(33(38)41)19-26-9-7-8-10-27(26)34)35-28(36-31)18-24-13-15-25(16-14-24)20-44-37-45(42,43)30-22(3)12-11-21(2)23(30)4/h7-16,37H,5-6,17-20H2,1-4H3,(H,35,36). The highest BCUT2D eigenvalue weighted by Crippen LogP contribution is 2.23. The molecule has 5 aromatic rings. The first-order valence-corrected chi connectivity index (χ1v) is 16.2. The number of aryl methyl sites for hydroxylation is 3. The summed E-state index contributed by atoms with van der Waals surface area (Å²) in [6.07, 6.45) is 1.89. The molecule has 0 saturated heterocycles. The lowest BCUT2D eigenvalue weighted by Crippen LogP contribution is -2.40. The molecule has 3 aromatic carbocycles. The van der Waals surface area contributed by atoms with Gasteiger partial charge in [-0.25, -0.2) is 22.6 Å². The number of H-pyrrole nitrogens is 1. The molecule has 2 N–H and O–H groups in total. The third kappa shape index (κ3) is 6.82. The quantitative estimate of drug-likeness (QED) is 0.190. The van der Waals surface area contributed by atoms with Crippen LogP contribution in [0.2, 0.25) is 0 Å². The van der Waals surface area contributed by atoms with Crippen molar-refractivity contribution in [2.75, 3.05) is 0 Å². The van der Waals surface area contributed by atoms with E-state index in [0.717, 1.165) is 27.7 Å². The first-order chi connectivity index (χ1) is 21.5. The van der Waals surface area contributed by atoms with Crippen molar-refractivity contribution in [3.8, 4) is 0 Å². The summed E-state index contributed by atoms with van der Waals surface area (Å²) >= 11 is 0. The number of sulfonamides is 1. The number of nitrogens with zero attached hydrogens (tertiary/aromatic N) is 3. The highest BCUT2D eigenvalue weighted by atomic mass is 32.2. The number of unbranched alkanes of at least 4 members (excludes halogenated alkanes) is 1. The Bertz CT molecular complexity index is 2080. The number of aromatic amines is 1. The molecule has 0 aliphatic rings. The van der Waals surface area contributed by atoms with Crippen molar-refractivity contribution in [1.82, 2.24) is 24.0 Å². The lowest BCUT2D eigenvalue weighted by Gasteiger charge is -2.14. The molecule has 0 bridgehead atoms. The monoisotopic (exact) mass is 633 g/mol. The van der Waals surface area contributed by atoms with Crippen LogP contribution in [-0.4, -0.2) is 27.5 Å². The Hall–Kier alpha value is -4.39. The Labute approximate surface area is 260 Å². The molecular formula is C33H36FN5O5S. The fraction of sp³-hybridized carbons (Fsp3) is 0.303. The van der Waals surface area contributed by atoms with Crippen LogP contribution in [0.4, 0.5) is 4.39 Å². The SMILES string of the molecule is CCCCn1c(=O)n(Cc2ccccc2F)c(=O)c2[nH]c(Cc3ccc(CONS(=O)(=O)c4c(C)ccc(C)c4C)cc3)nc21. The van der Waals surface area contributed by atoms with Crippen LogP contribution in [0.3, 0.4) is 0 Å². The molecular weight excluding hydrogens is 597 g/mol. The number of halogens is 1. The first-order valence-electron chi connectivity index (χ1n) is 14.7. The van der Waals surface area contributed by atoms with Crippen LogP contribution in [0.15, 0.2) is 75.1 Å². The summed E-state index contributed by atoms with van der Waals surface area (Å²) < 4.78 is 42.7. The zero-order valence-electron chi connectivity index (χ0n) is 25.7. The van der Waals surface area contributed by atoms with Crippen LogP contribution in [0.5, 0.6) is 0 Å². The van der Waals surface area contributed by atoms with Crippen LogP contribution in [-0.2, 0) is 41.0 Å². The largest absolute Gasteiger partial charge is 0.336 e. The number of nitrogens with one attached hydrogen (secondary N) is 2. The Morgan fingerprint density at radius 3 is 2.33 bits per heavy atom. The van der Waals surface area contributed by atoms with E-state index in [4.69, 9.17) is 4.84 Å². The van der Waals surface area contributed by atoms with Crippen LogP contribution in [0.25, 0.3) is 11.2 Å². The van der Waals surface area contributed by atoms with Crippen LogP contribution < -0.4 is 16.1 Å². The van der Waals surface area contributed by atoms with Gasteiger partial charge < -0.3 is 4.98 Å². The molecule has 0 unspecified atom stereocenters. The molecule has 2 aromatic heterocycles. The second-order valence-corrected chi connectivity index (χ2v) is 12.8. The average molecular weight is 634 g/mol. The van der Waals surface area contributed by atoms with E-state index in [-0.39, 0.29) is 34.8 Å². The minimum absolute atomic E-state index is 0.0132. The summed E-state index contributed by atoms with van der Waals surface area (Å²) in [6.45, 7) is 7.57. The molecule has 2 heterocycles. The molecule has 0 aliphatic carbocycles. The van der Waals surface area contributed by atoms with E-state index in [0.29, 0.717) is 36.3 Å². The summed E-state index contributed by atoms with van der Waals surface area (Å²) in [4.78, 5) is 42.3. The maximum atomic E-state index is 14.4. The summed E-state index contributed by atoms with van der Waals surface area (Å²) in [5.74, 6) is 0.00748. The van der Waals surface area contributed by atoms with Gasteiger partial charge in [-0.15, -0.1) is 0 Å². The molecule has 0 aliphatic heterocycles. The Morgan fingerprint density at radius 2 is 1.62 bits per heavy atom. The topological polar surface area (TPSA) is 128 Å². The fourth-order valence-electron chi connectivity index (χ4n) is 5.27. The Kier molecular flexibility index (Phi) is 9.47. The molecule has 0 radical (unpaired) electrons. The van der Waals surface area contributed by atoms with Gasteiger partial charge in [-0.1, -0.05) is 72.8 Å². The van der Waals surface area contributed by atoms with E-state index in [2.05, 4.69) is 14.9 Å². The lowest BCUT2D eigenvalue weighted by atomic mass is 10.1. The second-order valence-electron chi connectivity index (χ2n) is 11.2. The van der Waals surface area contributed by atoms with Gasteiger partial charge in [0.15, 0.2) is 5.65 Å². The van der Waals surface area contributed by atoms with Gasteiger partial charge >= 0.3 is 5.69 Å². The van der Waals surface area contributed by atoms with Crippen molar-refractivity contribution in [3.63, 3.8) is 0 Å². The molecule has 0 atom stereocenters. The smallest absolute Gasteiger partial charge is 0.333 e. The maximum absolute atomic E-state index is 14.4. The first kappa shape index (κ1) is 32.0. The number of fused-ring (bicyclic) bond motifs is 1. The molecule has 10 nitrogen and oxygen atoms in total. The van der Waals surface area contributed by atoms with Gasteiger partial charge in [-0.05, 0) is 61.1 Å². The van der Waals surface area contributed by atoms with E-state index >= 15 is 0 Å². The molecule has 0 fully saturated rings. The van der Waals surface area contributed by atoms with Crippen molar-refractivity contribution in [1.29, 1.82) is 0 Å². The summed E-state index contributed by atoms with van der Waals surface area (Å²) in [5.41, 5.74) is 3.41. The number of rotatable bonds is 12. The van der Waals surface area contributed by atoms with Crippen molar-refractivity contribution in [3.05, 3.63) is 127 Å². The van der Waals surface area contributed by atoms with E-state index in [1.54, 1.807) is 38.1 Å². The van der Waals surface area contributed by atoms with Gasteiger partial charge in [0.05, 0.1) is 18.0 Å². The van der Waals surface area contributed by atoms with Crippen molar-refractivity contribution >= 4 is 21.2 Å². The van der Waals surface area contributed by atoms with E-state index < -0.39 is 27.1 Å². The van der Waals surface area contributed by atoms with Crippen molar-refractivity contribution in [2.45, 2.75) is 71.5 Å². The van der Waals surface area contributed by atoms with Gasteiger partial charge in [-0.3, -0.25) is 18.8 Å². The van der Waals surface area contributed by atoms with Crippen LogP contribution >= 0.6 is 0 Å². The molecule has 0 saturated carbocycles. The lowest BCUT2D eigenvalue weighted by molar-refractivity contribution is 0.0794. The number of hydrogen-bond acceptors (Lipinski definition) is 6. The second kappa shape index (κ2) is 13.3. The van der Waals surface area contributed by atoms with Crippen molar-refractivity contribution in [2.24, 2.45) is 0 Å². The minimum Gasteiger partial charge on any atom is -0.336 e. The zero-order valence-corrected chi connectivity index (χ0v) is 26.5. The van der Waals surface area contributed by atoms with Gasteiger partial charge in [0, 0.05) is 18.5 Å². The fourth-order valence-corrected chi connectivity index (χ4v) is 6.62. The predicted octanol–water partition coefficient (Wildman–Crippen LogP) is 4.80. The third-order valence-corrected chi connectivity index (χ3v) is 9.38. The summed E-state index contributed by atoms with van der Waals surface area (Å²) in [6, 6.07) is 17.1. The minimum atomic E-state index is -3.87. The van der Waals surface area contributed by atoms with Gasteiger partial charge in [0.25, 0.3) is 15.6 Å². The molecule has 45 heavy (non-hydrogen) atoms. The molecule has 0 spiro atoms. The number of aromatic nitrogens is 4. The average Bonchev–Trinajstić information content (AvgIpc) is 3.42. The number of hydrogen-bond donors (Lipinski definition) is 2. The number of benzene rings is 3. The predicted molar refractivity (Wildman–Crippen MR) is 170 cm³/mol. The van der Waals surface area contributed by atoms with Gasteiger partial charge in [0.1, 0.15) is 17.2 Å². The van der Waals surface area contributed by atoms with Gasteiger partial charge in [0.2, 0.25) is 0 Å². The third-order valence-electron chi connectivity index (χ3n) is 7.88. The summed E-state index contributed by atoms with van der Waals surface area (Å²) in [7, 11) is -3.87. The van der Waals surface area contributed by atoms with Crippen molar-refractivity contribution < 1.29 is 17.6 Å². The van der Waals surface area contributed by atoms with E-state index in [9.17, 15) is 22.4 Å². The van der Waals surface area contributed by atoms with E-state index in [1.807, 2.05) is 44.2 Å². The molecule has 0 amide bonds. The maximum Gasteiger partial charge on any atom is 0.333 e. The Balaban J connectivity index is 1.33. The normalized spacial score (nSPS) is 11.8. The van der Waals surface area contributed by atoms with E-state index in [1.165, 1.54) is 10.6 Å². The zero-order chi connectivity index (χ0) is 32.3. The Morgan fingerprint density at radius 1 is 0.933 bits per heavy atom. The summed E-state index contributed by atoms with van der Waals surface area (Å²) in [5, 5.41) is 0. The molecule has 236 valence electrons. The molecule has 5 rings (SSSR count). The van der Waals surface area contributed by atoms with Gasteiger partial charge in [-0.2, -0.15) is 0 Å². The van der Waals surface area contributed by atoms with Crippen LogP contribution in [0, 0.1) is 26.6 Å².